The number of rotatable bonds is 3. The zero-order chi connectivity index (χ0) is 14.9. The third-order valence-corrected chi connectivity index (χ3v) is 3.02. The van der Waals surface area contributed by atoms with Crippen LogP contribution in [0.15, 0.2) is 35.3 Å². The molecule has 0 aliphatic heterocycles. The number of hydrogen-bond donors (Lipinski definition) is 2. The van der Waals surface area contributed by atoms with Gasteiger partial charge in [0.2, 0.25) is 0 Å². The van der Waals surface area contributed by atoms with Crippen LogP contribution in [0.4, 0.5) is 0 Å². The van der Waals surface area contributed by atoms with Crippen LogP contribution in [0.3, 0.4) is 0 Å². The smallest absolute Gasteiger partial charge is 0.342 e. The molecular formula is C13H10N2O4S. The van der Waals surface area contributed by atoms with Crippen molar-refractivity contribution in [2.45, 2.75) is 6.92 Å². The van der Waals surface area contributed by atoms with Gasteiger partial charge >= 0.3 is 5.97 Å². The zero-order valence-electron chi connectivity index (χ0n) is 10.4. The highest BCUT2D eigenvalue weighted by molar-refractivity contribution is 7.71. The fourth-order valence-electron chi connectivity index (χ4n) is 1.72. The molecule has 0 aliphatic carbocycles. The molecule has 0 fully saturated rings. The molecule has 1 aromatic heterocycles. The lowest BCUT2D eigenvalue weighted by molar-refractivity contribution is 0.0693. The zero-order valence-corrected chi connectivity index (χ0v) is 11.2. The molecule has 0 amide bonds. The van der Waals surface area contributed by atoms with Crippen molar-refractivity contribution in [3.63, 3.8) is 0 Å². The number of nitrogens with one attached hydrogen (secondary N) is 1. The van der Waals surface area contributed by atoms with E-state index >= 15 is 0 Å². The predicted octanol–water partition coefficient (Wildman–Crippen LogP) is 1.80. The molecule has 0 aliphatic rings. The summed E-state index contributed by atoms with van der Waals surface area (Å²) in [5, 5.41) is 8.95. The molecule has 20 heavy (non-hydrogen) atoms. The van der Waals surface area contributed by atoms with E-state index in [1.807, 2.05) is 0 Å². The van der Waals surface area contributed by atoms with Gasteiger partial charge < -0.3 is 10.1 Å². The maximum absolute atomic E-state index is 12.1. The highest BCUT2D eigenvalue weighted by atomic mass is 32.1. The topological polar surface area (TPSA) is 92.2 Å². The van der Waals surface area contributed by atoms with E-state index in [1.165, 1.54) is 13.0 Å². The molecule has 1 heterocycles. The van der Waals surface area contributed by atoms with E-state index in [1.54, 1.807) is 18.2 Å². The molecular weight excluding hydrogens is 280 g/mol. The fourth-order valence-corrected chi connectivity index (χ4v) is 1.97. The number of hydrogen-bond acceptors (Lipinski definition) is 4. The van der Waals surface area contributed by atoms with Crippen LogP contribution in [0.25, 0.3) is 5.69 Å². The molecule has 7 heteroatoms. The fraction of sp³-hybridized carbons (Fsp3) is 0.0769. The first kappa shape index (κ1) is 13.9. The largest absolute Gasteiger partial charge is 0.477 e. The number of ketones is 1. The van der Waals surface area contributed by atoms with Crippen LogP contribution in [-0.2, 0) is 0 Å². The number of aromatic carboxylic acids is 1. The van der Waals surface area contributed by atoms with Crippen molar-refractivity contribution in [2.24, 2.45) is 0 Å². The lowest BCUT2D eigenvalue weighted by atomic mass is 10.1. The van der Waals surface area contributed by atoms with E-state index in [0.717, 1.165) is 10.8 Å². The number of aromatic nitrogens is 2. The minimum absolute atomic E-state index is 0.0562. The van der Waals surface area contributed by atoms with E-state index in [-0.39, 0.29) is 10.6 Å². The molecule has 0 radical (unpaired) electrons. The van der Waals surface area contributed by atoms with Crippen LogP contribution < -0.4 is 5.56 Å². The average molecular weight is 290 g/mol. The Kier molecular flexibility index (Phi) is 3.62. The molecule has 0 bridgehead atoms. The summed E-state index contributed by atoms with van der Waals surface area (Å²) in [6.07, 6.45) is 1.05. The first-order valence-corrected chi connectivity index (χ1v) is 6.02. The number of nitrogens with zero attached hydrogens (tertiary/aromatic N) is 1. The van der Waals surface area contributed by atoms with E-state index in [9.17, 15) is 14.4 Å². The second-order valence-electron chi connectivity index (χ2n) is 4.06. The summed E-state index contributed by atoms with van der Waals surface area (Å²) in [6, 6.07) is 6.26. The number of carbonyl (C=O) groups is 2. The summed E-state index contributed by atoms with van der Waals surface area (Å²) in [5.41, 5.74) is -0.426. The van der Waals surface area contributed by atoms with Gasteiger partial charge in [-0.15, -0.1) is 0 Å². The van der Waals surface area contributed by atoms with E-state index in [2.05, 4.69) is 4.98 Å². The summed E-state index contributed by atoms with van der Waals surface area (Å²) in [4.78, 5) is 37.0. The standard InChI is InChI=1S/C13H10N2O4S/c1-7(16)8-3-2-4-9(5-8)15-11(17)10(12(18)19)6-14-13(15)20/h2-6H,1H3,(H,14,20)(H,18,19). The van der Waals surface area contributed by atoms with Crippen LogP contribution in [0.5, 0.6) is 0 Å². The Labute approximate surface area is 118 Å². The van der Waals surface area contributed by atoms with Gasteiger partial charge in [-0.25, -0.2) is 4.79 Å². The Bertz CT molecular complexity index is 820. The van der Waals surface area contributed by atoms with Crippen molar-refractivity contribution < 1.29 is 14.7 Å². The first-order chi connectivity index (χ1) is 9.41. The van der Waals surface area contributed by atoms with Crippen LogP contribution in [0.1, 0.15) is 27.6 Å². The summed E-state index contributed by atoms with van der Waals surface area (Å²) in [6.45, 7) is 1.40. The summed E-state index contributed by atoms with van der Waals surface area (Å²) < 4.78 is 1.10. The molecule has 102 valence electrons. The highest BCUT2D eigenvalue weighted by Gasteiger charge is 2.13. The number of aromatic amines is 1. The Morgan fingerprint density at radius 1 is 1.35 bits per heavy atom. The van der Waals surface area contributed by atoms with Gasteiger partial charge in [0.25, 0.3) is 5.56 Å². The number of H-pyrrole nitrogens is 1. The third kappa shape index (κ3) is 2.43. The summed E-state index contributed by atoms with van der Waals surface area (Å²) >= 11 is 5.01. The monoisotopic (exact) mass is 290 g/mol. The van der Waals surface area contributed by atoms with Crippen LogP contribution in [-0.4, -0.2) is 26.4 Å². The number of carboxylic acid groups (broad SMARTS) is 1. The van der Waals surface area contributed by atoms with Gasteiger partial charge in [-0.3, -0.25) is 14.2 Å². The lowest BCUT2D eigenvalue weighted by Crippen LogP contribution is -2.26. The van der Waals surface area contributed by atoms with Gasteiger partial charge in [0.1, 0.15) is 5.56 Å². The molecule has 0 saturated carbocycles. The molecule has 1 aromatic carbocycles. The quantitative estimate of drug-likeness (QED) is 0.664. The molecule has 6 nitrogen and oxygen atoms in total. The van der Waals surface area contributed by atoms with E-state index < -0.39 is 17.1 Å². The van der Waals surface area contributed by atoms with Gasteiger partial charge in [-0.05, 0) is 31.3 Å². The second kappa shape index (κ2) is 5.22. The summed E-state index contributed by atoms with van der Waals surface area (Å²) in [7, 11) is 0. The van der Waals surface area contributed by atoms with Crippen molar-refractivity contribution in [1.82, 2.24) is 9.55 Å². The molecule has 0 atom stereocenters. The molecule has 2 rings (SSSR count). The van der Waals surface area contributed by atoms with E-state index in [0.29, 0.717) is 11.3 Å². The number of carboxylic acids is 1. The lowest BCUT2D eigenvalue weighted by Gasteiger charge is -2.08. The maximum Gasteiger partial charge on any atom is 0.342 e. The second-order valence-corrected chi connectivity index (χ2v) is 4.45. The minimum Gasteiger partial charge on any atom is -0.477 e. The van der Waals surface area contributed by atoms with Crippen LogP contribution in [0, 0.1) is 4.77 Å². The Hall–Kier alpha value is -2.54. The van der Waals surface area contributed by atoms with Crippen molar-refractivity contribution in [3.8, 4) is 5.69 Å². The molecule has 2 aromatic rings. The van der Waals surface area contributed by atoms with Gasteiger partial charge in [0.05, 0.1) is 5.69 Å². The number of carbonyl (C=O) groups excluding carboxylic acids is 1. The van der Waals surface area contributed by atoms with Crippen molar-refractivity contribution in [1.29, 1.82) is 0 Å². The minimum atomic E-state index is -1.35. The number of benzene rings is 1. The van der Waals surface area contributed by atoms with Gasteiger partial charge in [0, 0.05) is 11.8 Å². The van der Waals surface area contributed by atoms with Gasteiger partial charge in [-0.1, -0.05) is 12.1 Å². The van der Waals surface area contributed by atoms with Gasteiger partial charge in [-0.2, -0.15) is 0 Å². The third-order valence-electron chi connectivity index (χ3n) is 2.72. The van der Waals surface area contributed by atoms with Crippen LogP contribution >= 0.6 is 12.2 Å². The molecule has 2 N–H and O–H groups in total. The Morgan fingerprint density at radius 3 is 2.65 bits per heavy atom. The highest BCUT2D eigenvalue weighted by Crippen LogP contribution is 2.10. The van der Waals surface area contributed by atoms with Crippen molar-refractivity contribution in [2.75, 3.05) is 0 Å². The van der Waals surface area contributed by atoms with Crippen molar-refractivity contribution >= 4 is 24.0 Å². The average Bonchev–Trinajstić information content (AvgIpc) is 2.38. The molecule has 0 spiro atoms. The normalized spacial score (nSPS) is 10.2. The molecule has 0 saturated heterocycles. The van der Waals surface area contributed by atoms with E-state index in [4.69, 9.17) is 17.3 Å². The maximum atomic E-state index is 12.1. The Morgan fingerprint density at radius 2 is 2.05 bits per heavy atom. The SMILES string of the molecule is CC(=O)c1cccc(-n2c(=S)[nH]cc(C(=O)O)c2=O)c1. The number of Topliss-reactive ketones (excluding diaryl/α,β-unsaturated/α-hetero) is 1. The van der Waals surface area contributed by atoms with Crippen LogP contribution in [0.2, 0.25) is 0 Å². The van der Waals surface area contributed by atoms with Gasteiger partial charge in [0.15, 0.2) is 10.6 Å². The molecule has 0 unspecified atom stereocenters. The summed E-state index contributed by atoms with van der Waals surface area (Å²) in [5.74, 6) is -1.51. The first-order valence-electron chi connectivity index (χ1n) is 5.61. The Balaban J connectivity index is 2.76. The predicted molar refractivity (Wildman–Crippen MR) is 74.2 cm³/mol. The van der Waals surface area contributed by atoms with Crippen molar-refractivity contribution in [3.05, 3.63) is 56.7 Å².